The monoisotopic (exact) mass is 381 g/mol. The van der Waals surface area contributed by atoms with Crippen LogP contribution >= 0.6 is 11.8 Å². The zero-order chi connectivity index (χ0) is 18.8. The molecule has 2 heterocycles. The van der Waals surface area contributed by atoms with Crippen molar-refractivity contribution in [1.82, 2.24) is 19.7 Å². The van der Waals surface area contributed by atoms with Crippen LogP contribution in [0.15, 0.2) is 66.1 Å². The smallest absolute Gasteiger partial charge is 0.258 e. The Morgan fingerprint density at radius 2 is 1.89 bits per heavy atom. The van der Waals surface area contributed by atoms with Crippen LogP contribution in [0.1, 0.15) is 5.56 Å². The summed E-state index contributed by atoms with van der Waals surface area (Å²) < 4.78 is 14.8. The highest BCUT2D eigenvalue weighted by Gasteiger charge is 2.15. The highest BCUT2D eigenvalue weighted by Crippen LogP contribution is 2.31. The van der Waals surface area contributed by atoms with E-state index in [-0.39, 0.29) is 11.5 Å². The lowest BCUT2D eigenvalue weighted by Gasteiger charge is -2.05. The summed E-state index contributed by atoms with van der Waals surface area (Å²) in [4.78, 5) is 19.3. The molecule has 0 radical (unpaired) electrons. The summed E-state index contributed by atoms with van der Waals surface area (Å²) in [5, 5.41) is 16.9. The van der Waals surface area contributed by atoms with Gasteiger partial charge in [0.15, 0.2) is 5.65 Å². The number of hydrogen-bond donors (Lipinski definition) is 0. The summed E-state index contributed by atoms with van der Waals surface area (Å²) in [5.74, 6) is 0.0656. The van der Waals surface area contributed by atoms with E-state index in [2.05, 4.69) is 15.1 Å². The van der Waals surface area contributed by atoms with E-state index in [1.807, 2.05) is 0 Å². The maximum atomic E-state index is 13.2. The van der Waals surface area contributed by atoms with Gasteiger partial charge in [-0.25, -0.2) is 19.0 Å². The van der Waals surface area contributed by atoms with Crippen molar-refractivity contribution in [3.63, 3.8) is 0 Å². The Balaban J connectivity index is 1.66. The Hall–Kier alpha value is -3.33. The van der Waals surface area contributed by atoms with E-state index in [4.69, 9.17) is 0 Å². The number of nitro groups is 1. The van der Waals surface area contributed by atoms with Crippen molar-refractivity contribution in [3.05, 3.63) is 82.6 Å². The summed E-state index contributed by atoms with van der Waals surface area (Å²) in [6.45, 7) is 0. The van der Waals surface area contributed by atoms with Crippen LogP contribution in [0.2, 0.25) is 0 Å². The zero-order valence-corrected chi connectivity index (χ0v) is 14.6. The molecule has 0 unspecified atom stereocenters. The van der Waals surface area contributed by atoms with Crippen molar-refractivity contribution >= 4 is 28.5 Å². The molecule has 0 aliphatic heterocycles. The Labute approximate surface area is 157 Å². The van der Waals surface area contributed by atoms with Gasteiger partial charge in [0.05, 0.1) is 22.2 Å². The minimum Gasteiger partial charge on any atom is -0.258 e. The molecule has 0 spiro atoms. The van der Waals surface area contributed by atoms with Crippen LogP contribution in [0, 0.1) is 15.9 Å². The summed E-state index contributed by atoms with van der Waals surface area (Å²) in [6.07, 6.45) is 3.06. The molecule has 9 heteroatoms. The van der Waals surface area contributed by atoms with Crippen molar-refractivity contribution < 1.29 is 9.31 Å². The molecule has 0 saturated carbocycles. The van der Waals surface area contributed by atoms with Gasteiger partial charge in [0.25, 0.3) is 5.69 Å². The van der Waals surface area contributed by atoms with E-state index < -0.39 is 4.92 Å². The van der Waals surface area contributed by atoms with Gasteiger partial charge in [0, 0.05) is 17.4 Å². The topological polar surface area (TPSA) is 86.7 Å². The number of fused-ring (bicyclic) bond motifs is 1. The highest BCUT2D eigenvalue weighted by molar-refractivity contribution is 7.98. The highest BCUT2D eigenvalue weighted by atomic mass is 32.2. The van der Waals surface area contributed by atoms with Gasteiger partial charge in [-0.1, -0.05) is 18.2 Å². The lowest BCUT2D eigenvalue weighted by molar-refractivity contribution is -0.385. The first-order valence-electron chi connectivity index (χ1n) is 7.93. The van der Waals surface area contributed by atoms with E-state index >= 15 is 0 Å². The Kier molecular flexibility index (Phi) is 4.51. The van der Waals surface area contributed by atoms with Crippen LogP contribution in [-0.2, 0) is 5.75 Å². The number of nitrogens with zero attached hydrogens (tertiary/aromatic N) is 5. The van der Waals surface area contributed by atoms with Crippen molar-refractivity contribution in [2.75, 3.05) is 0 Å². The molecule has 0 aliphatic carbocycles. The number of rotatable bonds is 5. The molecule has 0 atom stereocenters. The summed E-state index contributed by atoms with van der Waals surface area (Å²) in [6, 6.07) is 12.6. The normalized spacial score (nSPS) is 11.0. The second-order valence-corrected chi connectivity index (χ2v) is 6.59. The van der Waals surface area contributed by atoms with Gasteiger partial charge in [0.1, 0.15) is 17.2 Å². The first kappa shape index (κ1) is 17.1. The molecule has 0 N–H and O–H groups in total. The fourth-order valence-electron chi connectivity index (χ4n) is 2.67. The molecule has 0 aliphatic rings. The predicted molar refractivity (Wildman–Crippen MR) is 99.3 cm³/mol. The van der Waals surface area contributed by atoms with Crippen LogP contribution in [0.4, 0.5) is 10.1 Å². The molecule has 0 amide bonds. The van der Waals surface area contributed by atoms with E-state index in [9.17, 15) is 14.5 Å². The molecule has 2 aromatic heterocycles. The van der Waals surface area contributed by atoms with Crippen LogP contribution in [0.5, 0.6) is 0 Å². The molecule has 134 valence electrons. The van der Waals surface area contributed by atoms with Crippen LogP contribution < -0.4 is 0 Å². The quantitative estimate of drug-likeness (QED) is 0.223. The standard InChI is InChI=1S/C18H12FN5O2S/c19-13-5-7-14(8-6-13)23-17-15(9-22-23)18(21-11-20-17)27-10-12-3-1-2-4-16(12)24(25)26/h1-9,11H,10H2. The molecule has 4 rings (SSSR count). The van der Waals surface area contributed by atoms with Gasteiger partial charge in [0.2, 0.25) is 0 Å². The Bertz CT molecular complexity index is 1130. The number of nitro benzene ring substituents is 1. The first-order valence-corrected chi connectivity index (χ1v) is 8.92. The molecule has 27 heavy (non-hydrogen) atoms. The number of thioether (sulfide) groups is 1. The first-order chi connectivity index (χ1) is 13.1. The second kappa shape index (κ2) is 7.12. The average molecular weight is 381 g/mol. The van der Waals surface area contributed by atoms with Gasteiger partial charge in [-0.05, 0) is 24.3 Å². The second-order valence-electron chi connectivity index (χ2n) is 5.62. The summed E-state index contributed by atoms with van der Waals surface area (Å²) >= 11 is 1.38. The van der Waals surface area contributed by atoms with Gasteiger partial charge >= 0.3 is 0 Å². The number of halogens is 1. The number of para-hydroxylation sites is 1. The minimum atomic E-state index is -0.391. The van der Waals surface area contributed by atoms with Gasteiger partial charge < -0.3 is 0 Å². The lowest BCUT2D eigenvalue weighted by atomic mass is 10.2. The molecule has 2 aromatic carbocycles. The van der Waals surface area contributed by atoms with Crippen molar-refractivity contribution in [1.29, 1.82) is 0 Å². The van der Waals surface area contributed by atoms with Gasteiger partial charge in [-0.3, -0.25) is 10.1 Å². The largest absolute Gasteiger partial charge is 0.273 e. The fraction of sp³-hybridized carbons (Fsp3) is 0.0556. The SMILES string of the molecule is O=[N+]([O-])c1ccccc1CSc1ncnc2c1cnn2-c1ccc(F)cc1. The van der Waals surface area contributed by atoms with Crippen molar-refractivity contribution in [3.8, 4) is 5.69 Å². The molecule has 0 saturated heterocycles. The number of aromatic nitrogens is 4. The maximum absolute atomic E-state index is 13.2. The van der Waals surface area contributed by atoms with Gasteiger partial charge in [-0.15, -0.1) is 11.8 Å². The number of benzene rings is 2. The third-order valence-corrected chi connectivity index (χ3v) is 5.01. The van der Waals surface area contributed by atoms with E-state index in [0.717, 1.165) is 5.39 Å². The fourth-order valence-corrected chi connectivity index (χ4v) is 3.62. The van der Waals surface area contributed by atoms with Crippen molar-refractivity contribution in [2.45, 2.75) is 10.8 Å². The average Bonchev–Trinajstić information content (AvgIpc) is 3.12. The zero-order valence-electron chi connectivity index (χ0n) is 13.8. The molecular formula is C18H12FN5O2S. The molecule has 7 nitrogen and oxygen atoms in total. The third-order valence-electron chi connectivity index (χ3n) is 3.95. The summed E-state index contributed by atoms with van der Waals surface area (Å²) in [7, 11) is 0. The predicted octanol–water partition coefficient (Wildman–Crippen LogP) is 4.16. The van der Waals surface area contributed by atoms with E-state index in [0.29, 0.717) is 27.7 Å². The maximum Gasteiger partial charge on any atom is 0.273 e. The van der Waals surface area contributed by atoms with E-state index in [1.165, 1.54) is 36.3 Å². The van der Waals surface area contributed by atoms with Crippen LogP contribution in [0.3, 0.4) is 0 Å². The molecule has 0 fully saturated rings. The van der Waals surface area contributed by atoms with Crippen LogP contribution in [-0.4, -0.2) is 24.7 Å². The Morgan fingerprint density at radius 1 is 1.11 bits per heavy atom. The van der Waals surface area contributed by atoms with E-state index in [1.54, 1.807) is 41.2 Å². The third kappa shape index (κ3) is 3.36. The number of hydrogen-bond acceptors (Lipinski definition) is 6. The Morgan fingerprint density at radius 3 is 2.67 bits per heavy atom. The summed E-state index contributed by atoms with van der Waals surface area (Å²) in [5.41, 5.74) is 1.96. The molecular weight excluding hydrogens is 369 g/mol. The van der Waals surface area contributed by atoms with Crippen molar-refractivity contribution in [2.24, 2.45) is 0 Å². The molecule has 4 aromatic rings. The minimum absolute atomic E-state index is 0.0808. The van der Waals surface area contributed by atoms with Crippen LogP contribution in [0.25, 0.3) is 16.7 Å². The molecule has 0 bridgehead atoms. The lowest BCUT2D eigenvalue weighted by Crippen LogP contribution is -1.98. The van der Waals surface area contributed by atoms with Gasteiger partial charge in [-0.2, -0.15) is 5.10 Å².